The molecule has 3 atom stereocenters. The highest BCUT2D eigenvalue weighted by Crippen LogP contribution is 2.36. The van der Waals surface area contributed by atoms with Gasteiger partial charge in [-0.25, -0.2) is 0 Å². The first kappa shape index (κ1) is 15.5. The third kappa shape index (κ3) is 4.27. The maximum absolute atomic E-state index is 11.0. The molecule has 0 bridgehead atoms. The predicted octanol–water partition coefficient (Wildman–Crippen LogP) is 3.24. The van der Waals surface area contributed by atoms with Crippen molar-refractivity contribution in [2.75, 3.05) is 13.1 Å². The van der Waals surface area contributed by atoms with Gasteiger partial charge in [-0.1, -0.05) is 34.1 Å². The van der Waals surface area contributed by atoms with E-state index in [2.05, 4.69) is 32.6 Å². The van der Waals surface area contributed by atoms with Crippen LogP contribution in [0.1, 0.15) is 53.4 Å². The summed E-state index contributed by atoms with van der Waals surface area (Å²) in [4.78, 5) is 13.3. The maximum Gasteiger partial charge on any atom is 0.317 e. The average molecular weight is 255 g/mol. The van der Waals surface area contributed by atoms with Crippen molar-refractivity contribution in [1.82, 2.24) is 4.90 Å². The predicted molar refractivity (Wildman–Crippen MR) is 74.6 cm³/mol. The van der Waals surface area contributed by atoms with Gasteiger partial charge in [0.15, 0.2) is 0 Å². The van der Waals surface area contributed by atoms with Gasteiger partial charge >= 0.3 is 5.97 Å². The topological polar surface area (TPSA) is 40.5 Å². The van der Waals surface area contributed by atoms with Crippen molar-refractivity contribution in [2.45, 2.75) is 59.4 Å². The van der Waals surface area contributed by atoms with Gasteiger partial charge in [0, 0.05) is 6.04 Å². The molecule has 3 unspecified atom stereocenters. The second-order valence-corrected chi connectivity index (χ2v) is 6.26. The molecule has 0 amide bonds. The Morgan fingerprint density at radius 1 is 1.39 bits per heavy atom. The molecule has 3 nitrogen and oxygen atoms in total. The summed E-state index contributed by atoms with van der Waals surface area (Å²) in [7, 11) is 0. The molecule has 0 radical (unpaired) electrons. The fraction of sp³-hybridized carbons (Fsp3) is 0.933. The lowest BCUT2D eigenvalue weighted by atomic mass is 9.73. The van der Waals surface area contributed by atoms with Crippen molar-refractivity contribution >= 4 is 5.97 Å². The Labute approximate surface area is 112 Å². The summed E-state index contributed by atoms with van der Waals surface area (Å²) >= 11 is 0. The third-order valence-electron chi connectivity index (χ3n) is 4.31. The summed E-state index contributed by atoms with van der Waals surface area (Å²) in [5.41, 5.74) is 0. The molecule has 0 saturated heterocycles. The molecule has 18 heavy (non-hydrogen) atoms. The van der Waals surface area contributed by atoms with Gasteiger partial charge in [-0.3, -0.25) is 9.69 Å². The number of nitrogens with zero attached hydrogens (tertiary/aromatic N) is 1. The third-order valence-corrected chi connectivity index (χ3v) is 4.31. The number of hydrogen-bond acceptors (Lipinski definition) is 2. The van der Waals surface area contributed by atoms with Crippen molar-refractivity contribution in [3.8, 4) is 0 Å². The first-order valence-electron chi connectivity index (χ1n) is 7.41. The first-order valence-corrected chi connectivity index (χ1v) is 7.41. The number of rotatable bonds is 6. The minimum Gasteiger partial charge on any atom is -0.480 e. The molecule has 1 saturated carbocycles. The van der Waals surface area contributed by atoms with Crippen LogP contribution in [0.3, 0.4) is 0 Å². The maximum atomic E-state index is 11.0. The van der Waals surface area contributed by atoms with Crippen molar-refractivity contribution in [3.63, 3.8) is 0 Å². The first-order chi connectivity index (χ1) is 8.45. The molecule has 1 aliphatic carbocycles. The average Bonchev–Trinajstić information content (AvgIpc) is 2.27. The van der Waals surface area contributed by atoms with Crippen LogP contribution >= 0.6 is 0 Å². The van der Waals surface area contributed by atoms with E-state index in [1.807, 2.05) is 0 Å². The molecule has 1 fully saturated rings. The summed E-state index contributed by atoms with van der Waals surface area (Å²) in [6.07, 6.45) is 4.74. The molecule has 0 aliphatic heterocycles. The van der Waals surface area contributed by atoms with Crippen molar-refractivity contribution < 1.29 is 9.90 Å². The van der Waals surface area contributed by atoms with Crippen LogP contribution in [0.25, 0.3) is 0 Å². The van der Waals surface area contributed by atoms with Crippen LogP contribution in [-0.2, 0) is 4.79 Å². The SMILES string of the molecule is CCCN(CC(=O)O)C1CC(C)CCC1C(C)C. The Bertz CT molecular complexity index is 265. The summed E-state index contributed by atoms with van der Waals surface area (Å²) < 4.78 is 0. The van der Waals surface area contributed by atoms with Crippen LogP contribution in [0.4, 0.5) is 0 Å². The van der Waals surface area contributed by atoms with E-state index in [4.69, 9.17) is 5.11 Å². The van der Waals surface area contributed by atoms with Gasteiger partial charge in [0.25, 0.3) is 0 Å². The van der Waals surface area contributed by atoms with Crippen LogP contribution in [0.2, 0.25) is 0 Å². The molecule has 106 valence electrons. The van der Waals surface area contributed by atoms with Gasteiger partial charge in [-0.15, -0.1) is 0 Å². The monoisotopic (exact) mass is 255 g/mol. The minimum absolute atomic E-state index is 0.203. The zero-order valence-electron chi connectivity index (χ0n) is 12.4. The van der Waals surface area contributed by atoms with E-state index in [0.29, 0.717) is 17.9 Å². The van der Waals surface area contributed by atoms with Crippen LogP contribution in [0.5, 0.6) is 0 Å². The van der Waals surface area contributed by atoms with Gasteiger partial charge in [0.1, 0.15) is 0 Å². The fourth-order valence-electron chi connectivity index (χ4n) is 3.39. The van der Waals surface area contributed by atoms with Gasteiger partial charge in [-0.2, -0.15) is 0 Å². The Hall–Kier alpha value is -0.570. The van der Waals surface area contributed by atoms with Crippen LogP contribution in [0, 0.1) is 17.8 Å². The largest absolute Gasteiger partial charge is 0.480 e. The molecule has 0 aromatic rings. The second-order valence-electron chi connectivity index (χ2n) is 6.26. The van der Waals surface area contributed by atoms with Gasteiger partial charge < -0.3 is 5.11 Å². The molecule has 0 aromatic heterocycles. The van der Waals surface area contributed by atoms with Crippen LogP contribution < -0.4 is 0 Å². The standard InChI is InChI=1S/C15H29NO2/c1-5-8-16(10-15(17)18)14-9-12(4)6-7-13(14)11(2)3/h11-14H,5-10H2,1-4H3,(H,17,18). The van der Waals surface area contributed by atoms with E-state index >= 15 is 0 Å². The molecule has 0 spiro atoms. The van der Waals surface area contributed by atoms with E-state index in [9.17, 15) is 4.79 Å². The van der Waals surface area contributed by atoms with E-state index in [0.717, 1.165) is 25.3 Å². The van der Waals surface area contributed by atoms with Gasteiger partial charge in [0.2, 0.25) is 0 Å². The molecular formula is C15H29NO2. The highest BCUT2D eigenvalue weighted by atomic mass is 16.4. The molecule has 3 heteroatoms. The van der Waals surface area contributed by atoms with Crippen molar-refractivity contribution in [2.24, 2.45) is 17.8 Å². The molecule has 1 aliphatic rings. The van der Waals surface area contributed by atoms with Crippen molar-refractivity contribution in [1.29, 1.82) is 0 Å². The van der Waals surface area contributed by atoms with E-state index in [1.165, 1.54) is 12.8 Å². The normalized spacial score (nSPS) is 28.9. The Morgan fingerprint density at radius 3 is 2.56 bits per heavy atom. The smallest absolute Gasteiger partial charge is 0.317 e. The zero-order valence-corrected chi connectivity index (χ0v) is 12.4. The molecule has 1 N–H and O–H groups in total. The van der Waals surface area contributed by atoms with Crippen molar-refractivity contribution in [3.05, 3.63) is 0 Å². The fourth-order valence-corrected chi connectivity index (χ4v) is 3.39. The molecule has 1 rings (SSSR count). The van der Waals surface area contributed by atoms with E-state index in [-0.39, 0.29) is 6.54 Å². The lowest BCUT2D eigenvalue weighted by molar-refractivity contribution is -0.139. The number of carboxylic acids is 1. The summed E-state index contributed by atoms with van der Waals surface area (Å²) in [5, 5.41) is 9.09. The number of carbonyl (C=O) groups is 1. The van der Waals surface area contributed by atoms with E-state index in [1.54, 1.807) is 0 Å². The Balaban J connectivity index is 2.78. The number of aliphatic carboxylic acids is 1. The minimum atomic E-state index is -0.691. The lowest BCUT2D eigenvalue weighted by Gasteiger charge is -2.43. The van der Waals surface area contributed by atoms with E-state index < -0.39 is 5.97 Å². The summed E-state index contributed by atoms with van der Waals surface area (Å²) in [6, 6.07) is 0.463. The quantitative estimate of drug-likeness (QED) is 0.792. The summed E-state index contributed by atoms with van der Waals surface area (Å²) in [5.74, 6) is 1.35. The highest BCUT2D eigenvalue weighted by Gasteiger charge is 2.34. The number of hydrogen-bond donors (Lipinski definition) is 1. The van der Waals surface area contributed by atoms with Crippen LogP contribution in [0.15, 0.2) is 0 Å². The molecular weight excluding hydrogens is 226 g/mol. The van der Waals surface area contributed by atoms with Gasteiger partial charge in [-0.05, 0) is 43.6 Å². The zero-order chi connectivity index (χ0) is 13.7. The van der Waals surface area contributed by atoms with Crippen LogP contribution in [-0.4, -0.2) is 35.1 Å². The Morgan fingerprint density at radius 2 is 2.06 bits per heavy atom. The lowest BCUT2D eigenvalue weighted by Crippen LogP contribution is -2.48. The molecule has 0 heterocycles. The number of carboxylic acid groups (broad SMARTS) is 1. The Kier molecular flexibility index (Phi) is 6.13. The molecule has 0 aromatic carbocycles. The summed E-state index contributed by atoms with van der Waals surface area (Å²) in [6.45, 7) is 10.1. The second kappa shape index (κ2) is 7.13. The van der Waals surface area contributed by atoms with Gasteiger partial charge in [0.05, 0.1) is 6.54 Å². The highest BCUT2D eigenvalue weighted by molar-refractivity contribution is 5.69.